The van der Waals surface area contributed by atoms with Crippen LogP contribution >= 0.6 is 12.4 Å². The van der Waals surface area contributed by atoms with Gasteiger partial charge >= 0.3 is 11.8 Å². The summed E-state index contributed by atoms with van der Waals surface area (Å²) in [5, 5.41) is 15.0. The molecule has 5 rings (SSSR count). The van der Waals surface area contributed by atoms with Gasteiger partial charge in [0.25, 0.3) is 0 Å². The normalized spacial score (nSPS) is 11.7. The van der Waals surface area contributed by atoms with E-state index in [4.69, 9.17) is 4.52 Å². The number of alkyl halides is 2. The molecule has 0 radical (unpaired) electrons. The summed E-state index contributed by atoms with van der Waals surface area (Å²) in [6.07, 6.45) is 3.89. The van der Waals surface area contributed by atoms with Crippen LogP contribution in [0.25, 0.3) is 27.9 Å². The number of nitrogens with one attached hydrogen (secondary N) is 1. The molecule has 5 aromatic rings. The van der Waals surface area contributed by atoms with Crippen LogP contribution in [-0.4, -0.2) is 46.9 Å². The second kappa shape index (κ2) is 10.9. The summed E-state index contributed by atoms with van der Waals surface area (Å²) in [5.41, 5.74) is 4.37. The third kappa shape index (κ3) is 5.95. The van der Waals surface area contributed by atoms with Crippen LogP contribution in [0, 0.1) is 0 Å². The van der Waals surface area contributed by atoms with Crippen LogP contribution in [0.2, 0.25) is 0 Å². The molecule has 0 fully saturated rings. The predicted molar refractivity (Wildman–Crippen MR) is 142 cm³/mol. The van der Waals surface area contributed by atoms with Crippen LogP contribution in [0.3, 0.4) is 0 Å². The highest BCUT2D eigenvalue weighted by atomic mass is 35.5. The number of fused-ring (bicyclic) bond motifs is 1. The summed E-state index contributed by atoms with van der Waals surface area (Å²) in [4.78, 5) is 21.1. The molecular formula is C26H27ClF2N8O2. The number of halogens is 3. The molecule has 1 aromatic carbocycles. The lowest BCUT2D eigenvalue weighted by molar-refractivity contribution is 0.0907. The van der Waals surface area contributed by atoms with Gasteiger partial charge in [-0.2, -0.15) is 15.2 Å². The van der Waals surface area contributed by atoms with E-state index in [1.165, 1.54) is 6.33 Å². The first-order valence-electron chi connectivity index (χ1n) is 11.9. The maximum atomic E-state index is 13.5. The lowest BCUT2D eigenvalue weighted by Gasteiger charge is -2.13. The Kier molecular flexibility index (Phi) is 7.77. The smallest absolute Gasteiger partial charge is 0.315 e. The fourth-order valence-corrected chi connectivity index (χ4v) is 4.05. The van der Waals surface area contributed by atoms with Crippen LogP contribution in [-0.2, 0) is 25.4 Å². The molecule has 0 aliphatic heterocycles. The average molecular weight is 557 g/mol. The van der Waals surface area contributed by atoms with Crippen molar-refractivity contribution in [2.24, 2.45) is 7.05 Å². The third-order valence-electron chi connectivity index (χ3n) is 6.03. The molecule has 0 saturated carbocycles. The van der Waals surface area contributed by atoms with Gasteiger partial charge in [-0.1, -0.05) is 38.1 Å². The summed E-state index contributed by atoms with van der Waals surface area (Å²) in [6, 6.07) is 7.12. The van der Waals surface area contributed by atoms with Crippen molar-refractivity contribution in [3.8, 4) is 22.4 Å². The van der Waals surface area contributed by atoms with Crippen LogP contribution in [0.1, 0.15) is 48.4 Å². The van der Waals surface area contributed by atoms with Gasteiger partial charge in [0.15, 0.2) is 5.82 Å². The van der Waals surface area contributed by atoms with E-state index in [-0.39, 0.29) is 30.3 Å². The van der Waals surface area contributed by atoms with Gasteiger partial charge in [-0.3, -0.25) is 9.48 Å². The second-order valence-electron chi connectivity index (χ2n) is 10.0. The highest BCUT2D eigenvalue weighted by Gasteiger charge is 2.24. The maximum Gasteiger partial charge on any atom is 0.315 e. The Bertz CT molecular complexity index is 1620. The molecule has 0 unspecified atom stereocenters. The standard InChI is InChI=1S/C26H26F2N8O2.ClH/c1-26(2,3)25-33-24(38-34-25)23(37)29-10-16-6-5-15(7-17(16)9-21(27)28)22-20-8-18(13-36(20)32-14-30-22)19-11-31-35(4)12-19;/h5-8,11-14,21H,9-10H2,1-4H3,(H,29,37);1H. The Balaban J connectivity index is 0.00000353. The number of hydrogen-bond acceptors (Lipinski definition) is 7. The van der Waals surface area contributed by atoms with Crippen molar-refractivity contribution in [2.75, 3.05) is 0 Å². The van der Waals surface area contributed by atoms with E-state index in [9.17, 15) is 13.6 Å². The number of hydrogen-bond donors (Lipinski definition) is 1. The van der Waals surface area contributed by atoms with Crippen LogP contribution in [0.4, 0.5) is 8.78 Å². The first kappa shape index (κ1) is 27.8. The van der Waals surface area contributed by atoms with Crippen molar-refractivity contribution in [1.82, 2.24) is 39.8 Å². The number of aryl methyl sites for hydroxylation is 1. The van der Waals surface area contributed by atoms with Gasteiger partial charge in [0.2, 0.25) is 6.43 Å². The maximum absolute atomic E-state index is 13.5. The number of aromatic nitrogens is 7. The molecule has 4 aromatic heterocycles. The van der Waals surface area contributed by atoms with Gasteiger partial charge in [0, 0.05) is 54.5 Å². The molecule has 0 spiro atoms. The molecule has 0 bridgehead atoms. The number of carbonyl (C=O) groups excluding carboxylic acids is 1. The van der Waals surface area contributed by atoms with E-state index in [1.807, 2.05) is 46.3 Å². The molecule has 0 aliphatic carbocycles. The minimum Gasteiger partial charge on any atom is -0.344 e. The van der Waals surface area contributed by atoms with Gasteiger partial charge in [-0.25, -0.2) is 18.3 Å². The molecular weight excluding hydrogens is 530 g/mol. The number of amides is 1. The van der Waals surface area contributed by atoms with Gasteiger partial charge in [-0.05, 0) is 23.3 Å². The molecule has 1 amide bonds. The van der Waals surface area contributed by atoms with Crippen molar-refractivity contribution in [2.45, 2.75) is 45.6 Å². The van der Waals surface area contributed by atoms with E-state index in [0.29, 0.717) is 28.2 Å². The Morgan fingerprint density at radius 3 is 2.54 bits per heavy atom. The molecule has 10 nitrogen and oxygen atoms in total. The number of carbonyl (C=O) groups is 1. The van der Waals surface area contributed by atoms with Gasteiger partial charge in [-0.15, -0.1) is 12.4 Å². The first-order valence-corrected chi connectivity index (χ1v) is 11.9. The largest absolute Gasteiger partial charge is 0.344 e. The fraction of sp³-hybridized carbons (Fsp3) is 0.308. The first-order chi connectivity index (χ1) is 18.1. The zero-order valence-electron chi connectivity index (χ0n) is 21.7. The summed E-state index contributed by atoms with van der Waals surface area (Å²) in [6.45, 7) is 5.72. The molecule has 0 saturated heterocycles. The van der Waals surface area contributed by atoms with Crippen LogP contribution in [0.5, 0.6) is 0 Å². The zero-order valence-corrected chi connectivity index (χ0v) is 22.5. The Labute approximate surface area is 228 Å². The van der Waals surface area contributed by atoms with Gasteiger partial charge in [0.1, 0.15) is 6.33 Å². The van der Waals surface area contributed by atoms with E-state index in [1.54, 1.807) is 33.6 Å². The minimum absolute atomic E-state index is 0. The van der Waals surface area contributed by atoms with Crippen molar-refractivity contribution in [3.63, 3.8) is 0 Å². The SMILES string of the molecule is Cl.Cn1cc(-c2cc3c(-c4ccc(CNC(=O)c5nc(C(C)(C)C)no5)c(CC(F)F)c4)ncnn3c2)cn1. The Hall–Kier alpha value is -4.19. The molecule has 39 heavy (non-hydrogen) atoms. The number of rotatable bonds is 7. The molecule has 204 valence electrons. The molecule has 4 heterocycles. The molecule has 1 N–H and O–H groups in total. The predicted octanol–water partition coefficient (Wildman–Crippen LogP) is 4.64. The molecule has 0 atom stereocenters. The summed E-state index contributed by atoms with van der Waals surface area (Å²) >= 11 is 0. The van der Waals surface area contributed by atoms with Gasteiger partial charge in [0.05, 0.1) is 17.4 Å². The van der Waals surface area contributed by atoms with E-state index in [2.05, 4.69) is 30.6 Å². The van der Waals surface area contributed by atoms with Crippen molar-refractivity contribution in [3.05, 3.63) is 72.0 Å². The summed E-state index contributed by atoms with van der Waals surface area (Å²) in [5.74, 6) is -0.352. The second-order valence-corrected chi connectivity index (χ2v) is 10.0. The van der Waals surface area contributed by atoms with E-state index in [0.717, 1.165) is 16.6 Å². The van der Waals surface area contributed by atoms with E-state index >= 15 is 0 Å². The lowest BCUT2D eigenvalue weighted by atomic mass is 9.96. The van der Waals surface area contributed by atoms with Crippen molar-refractivity contribution >= 4 is 23.8 Å². The highest BCUT2D eigenvalue weighted by molar-refractivity contribution is 5.89. The summed E-state index contributed by atoms with van der Waals surface area (Å²) in [7, 11) is 1.84. The molecule has 0 aliphatic rings. The van der Waals surface area contributed by atoms with Crippen LogP contribution < -0.4 is 5.32 Å². The minimum atomic E-state index is -2.57. The topological polar surface area (TPSA) is 116 Å². The lowest BCUT2D eigenvalue weighted by Crippen LogP contribution is -2.24. The highest BCUT2D eigenvalue weighted by Crippen LogP contribution is 2.29. The van der Waals surface area contributed by atoms with Crippen molar-refractivity contribution in [1.29, 1.82) is 0 Å². The Morgan fingerprint density at radius 2 is 1.87 bits per heavy atom. The quantitative estimate of drug-likeness (QED) is 0.310. The van der Waals surface area contributed by atoms with Crippen molar-refractivity contribution < 1.29 is 18.1 Å². The fourth-order valence-electron chi connectivity index (χ4n) is 4.05. The van der Waals surface area contributed by atoms with E-state index < -0.39 is 18.8 Å². The number of benzene rings is 1. The molecule has 13 heteroatoms. The average Bonchev–Trinajstić information content (AvgIpc) is 3.61. The Morgan fingerprint density at radius 1 is 1.08 bits per heavy atom. The third-order valence-corrected chi connectivity index (χ3v) is 6.03. The number of nitrogens with zero attached hydrogens (tertiary/aromatic N) is 7. The zero-order chi connectivity index (χ0) is 27.0. The summed E-state index contributed by atoms with van der Waals surface area (Å²) < 4.78 is 35.5. The van der Waals surface area contributed by atoms with Crippen LogP contribution in [0.15, 0.2) is 53.7 Å². The van der Waals surface area contributed by atoms with Gasteiger partial charge < -0.3 is 9.84 Å². The monoisotopic (exact) mass is 556 g/mol.